The highest BCUT2D eigenvalue weighted by atomic mass is 16.5. The van der Waals surface area contributed by atoms with E-state index in [9.17, 15) is 4.79 Å². The summed E-state index contributed by atoms with van der Waals surface area (Å²) in [6, 6.07) is 4.92. The molecule has 0 fully saturated rings. The van der Waals surface area contributed by atoms with Crippen molar-refractivity contribution >= 4 is 5.91 Å². The zero-order chi connectivity index (χ0) is 12.8. The molecule has 0 bridgehead atoms. The summed E-state index contributed by atoms with van der Waals surface area (Å²) < 4.78 is 10.3. The molecule has 5 heteroatoms. The van der Waals surface area contributed by atoms with Crippen LogP contribution in [0.4, 0.5) is 0 Å². The van der Waals surface area contributed by atoms with Crippen LogP contribution >= 0.6 is 0 Å². The Kier molecular flexibility index (Phi) is 4.78. The van der Waals surface area contributed by atoms with Gasteiger partial charge in [-0.2, -0.15) is 0 Å². The number of nitrogens with one attached hydrogen (secondary N) is 1. The van der Waals surface area contributed by atoms with E-state index >= 15 is 0 Å². The summed E-state index contributed by atoms with van der Waals surface area (Å²) in [5, 5.41) is 2.73. The van der Waals surface area contributed by atoms with Crippen LogP contribution in [0.1, 0.15) is 12.5 Å². The van der Waals surface area contributed by atoms with E-state index in [1.54, 1.807) is 27.2 Å². The highest BCUT2D eigenvalue weighted by Gasteiger charge is 2.09. The minimum atomic E-state index is -0.515. The van der Waals surface area contributed by atoms with Crippen molar-refractivity contribution < 1.29 is 14.3 Å². The molecule has 1 aromatic carbocycles. The monoisotopic (exact) mass is 238 g/mol. The first kappa shape index (κ1) is 13.3. The number of methoxy groups -OCH3 is 2. The summed E-state index contributed by atoms with van der Waals surface area (Å²) in [7, 11) is 3.16. The van der Waals surface area contributed by atoms with Crippen LogP contribution in [0.5, 0.6) is 11.5 Å². The molecule has 0 unspecified atom stereocenters. The summed E-state index contributed by atoms with van der Waals surface area (Å²) >= 11 is 0. The lowest BCUT2D eigenvalue weighted by Gasteiger charge is -2.12. The second kappa shape index (κ2) is 6.10. The van der Waals surface area contributed by atoms with Gasteiger partial charge in [-0.15, -0.1) is 0 Å². The van der Waals surface area contributed by atoms with Crippen LogP contribution in [0.2, 0.25) is 0 Å². The molecular formula is C12H18N2O3. The minimum absolute atomic E-state index is 0.192. The molecular weight excluding hydrogens is 220 g/mol. The molecule has 0 aliphatic rings. The van der Waals surface area contributed by atoms with Gasteiger partial charge in [0.25, 0.3) is 0 Å². The number of nitrogens with two attached hydrogens (primary N) is 1. The van der Waals surface area contributed by atoms with E-state index in [0.717, 1.165) is 5.56 Å². The van der Waals surface area contributed by atoms with Gasteiger partial charge in [-0.1, -0.05) is 0 Å². The number of benzene rings is 1. The first-order valence-electron chi connectivity index (χ1n) is 5.32. The molecule has 0 aliphatic carbocycles. The molecule has 1 rings (SSSR count). The zero-order valence-electron chi connectivity index (χ0n) is 10.3. The fourth-order valence-corrected chi connectivity index (χ4v) is 1.34. The van der Waals surface area contributed by atoms with Gasteiger partial charge >= 0.3 is 0 Å². The Balaban J connectivity index is 2.74. The smallest absolute Gasteiger partial charge is 0.236 e. The van der Waals surface area contributed by atoms with Crippen LogP contribution in [0.3, 0.4) is 0 Å². The van der Waals surface area contributed by atoms with Gasteiger partial charge < -0.3 is 20.5 Å². The molecule has 5 nitrogen and oxygen atoms in total. The third kappa shape index (κ3) is 3.64. The maximum absolute atomic E-state index is 11.3. The van der Waals surface area contributed by atoms with Crippen LogP contribution in [0, 0.1) is 0 Å². The second-order valence-electron chi connectivity index (χ2n) is 3.68. The molecule has 3 N–H and O–H groups in total. The third-order valence-electron chi connectivity index (χ3n) is 2.36. The predicted octanol–water partition coefficient (Wildman–Crippen LogP) is 0.667. The van der Waals surface area contributed by atoms with Gasteiger partial charge in [0.15, 0.2) is 0 Å². The first-order chi connectivity index (χ1) is 8.08. The van der Waals surface area contributed by atoms with Crippen LogP contribution in [0.25, 0.3) is 0 Å². The maximum Gasteiger partial charge on any atom is 0.236 e. The molecule has 1 amide bonds. The van der Waals surface area contributed by atoms with E-state index in [4.69, 9.17) is 15.2 Å². The standard InChI is InChI=1S/C12H18N2O3/c1-8(13)12(15)14-7-9-4-5-10(16-2)6-11(9)17-3/h4-6,8H,7,13H2,1-3H3,(H,14,15)/t8-/m1/s1. The van der Waals surface area contributed by atoms with Crippen molar-refractivity contribution in [2.45, 2.75) is 19.5 Å². The summed E-state index contributed by atoms with van der Waals surface area (Å²) in [4.78, 5) is 11.3. The lowest BCUT2D eigenvalue weighted by molar-refractivity contribution is -0.122. The normalized spacial score (nSPS) is 11.8. The largest absolute Gasteiger partial charge is 0.497 e. The maximum atomic E-state index is 11.3. The quantitative estimate of drug-likeness (QED) is 0.790. The Morgan fingerprint density at radius 2 is 2.12 bits per heavy atom. The molecule has 0 aromatic heterocycles. The summed E-state index contributed by atoms with van der Waals surface area (Å²) in [6.45, 7) is 2.02. The Hall–Kier alpha value is -1.75. The molecule has 94 valence electrons. The van der Waals surface area contributed by atoms with Gasteiger partial charge in [-0.25, -0.2) is 0 Å². The molecule has 1 atom stereocenters. The van der Waals surface area contributed by atoms with E-state index in [1.165, 1.54) is 0 Å². The summed E-state index contributed by atoms with van der Waals surface area (Å²) in [6.07, 6.45) is 0. The Morgan fingerprint density at radius 1 is 1.41 bits per heavy atom. The van der Waals surface area contributed by atoms with Crippen molar-refractivity contribution in [3.05, 3.63) is 23.8 Å². The molecule has 17 heavy (non-hydrogen) atoms. The van der Waals surface area contributed by atoms with Crippen molar-refractivity contribution in [3.8, 4) is 11.5 Å². The highest BCUT2D eigenvalue weighted by molar-refractivity contribution is 5.81. The van der Waals surface area contributed by atoms with Gasteiger partial charge in [0.05, 0.1) is 20.3 Å². The lowest BCUT2D eigenvalue weighted by Crippen LogP contribution is -2.37. The average molecular weight is 238 g/mol. The number of carbonyl (C=O) groups is 1. The number of rotatable bonds is 5. The molecule has 0 radical (unpaired) electrons. The molecule has 1 aromatic rings. The summed E-state index contributed by atoms with van der Waals surface area (Å²) in [5.74, 6) is 1.20. The average Bonchev–Trinajstić information content (AvgIpc) is 2.35. The number of hydrogen-bond donors (Lipinski definition) is 2. The minimum Gasteiger partial charge on any atom is -0.497 e. The van der Waals surface area contributed by atoms with Gasteiger partial charge in [0.1, 0.15) is 11.5 Å². The van der Waals surface area contributed by atoms with Gasteiger partial charge in [0, 0.05) is 18.2 Å². The fraction of sp³-hybridized carbons (Fsp3) is 0.417. The fourth-order valence-electron chi connectivity index (χ4n) is 1.34. The first-order valence-corrected chi connectivity index (χ1v) is 5.32. The summed E-state index contributed by atoms with van der Waals surface area (Å²) in [5.41, 5.74) is 6.33. The predicted molar refractivity (Wildman–Crippen MR) is 65.0 cm³/mol. The third-order valence-corrected chi connectivity index (χ3v) is 2.36. The Bertz CT molecular complexity index is 391. The molecule has 0 saturated heterocycles. The van der Waals surface area contributed by atoms with Crippen molar-refractivity contribution in [3.63, 3.8) is 0 Å². The highest BCUT2D eigenvalue weighted by Crippen LogP contribution is 2.24. The second-order valence-corrected chi connectivity index (χ2v) is 3.68. The molecule has 0 spiro atoms. The molecule has 0 heterocycles. The topological polar surface area (TPSA) is 73.6 Å². The molecule has 0 saturated carbocycles. The van der Waals surface area contributed by atoms with Crippen LogP contribution < -0.4 is 20.5 Å². The molecule has 0 aliphatic heterocycles. The Labute approximate surface area is 101 Å². The number of hydrogen-bond acceptors (Lipinski definition) is 4. The van der Waals surface area contributed by atoms with E-state index < -0.39 is 6.04 Å². The number of amides is 1. The number of carbonyl (C=O) groups excluding carboxylic acids is 1. The SMILES string of the molecule is COc1ccc(CNC(=O)[C@@H](C)N)c(OC)c1. The van der Waals surface area contributed by atoms with Gasteiger partial charge in [0.2, 0.25) is 5.91 Å². The van der Waals surface area contributed by atoms with Gasteiger partial charge in [-0.3, -0.25) is 4.79 Å². The van der Waals surface area contributed by atoms with Crippen molar-refractivity contribution in [1.82, 2.24) is 5.32 Å². The van der Waals surface area contributed by atoms with E-state index in [0.29, 0.717) is 18.0 Å². The zero-order valence-corrected chi connectivity index (χ0v) is 10.3. The van der Waals surface area contributed by atoms with Crippen LogP contribution in [-0.4, -0.2) is 26.2 Å². The van der Waals surface area contributed by atoms with Crippen LogP contribution in [-0.2, 0) is 11.3 Å². The Morgan fingerprint density at radius 3 is 2.65 bits per heavy atom. The van der Waals surface area contributed by atoms with Crippen molar-refractivity contribution in [2.24, 2.45) is 5.73 Å². The van der Waals surface area contributed by atoms with Crippen LogP contribution in [0.15, 0.2) is 18.2 Å². The van der Waals surface area contributed by atoms with Gasteiger partial charge in [-0.05, 0) is 19.1 Å². The number of ether oxygens (including phenoxy) is 2. The van der Waals surface area contributed by atoms with E-state index in [2.05, 4.69) is 5.32 Å². The van der Waals surface area contributed by atoms with Crippen molar-refractivity contribution in [1.29, 1.82) is 0 Å². The van der Waals surface area contributed by atoms with E-state index in [-0.39, 0.29) is 5.91 Å². The van der Waals surface area contributed by atoms with E-state index in [1.807, 2.05) is 12.1 Å². The van der Waals surface area contributed by atoms with Crippen molar-refractivity contribution in [2.75, 3.05) is 14.2 Å². The lowest BCUT2D eigenvalue weighted by atomic mass is 10.2.